The number of nitrogens with one attached hydrogen (secondary N) is 2. The van der Waals surface area contributed by atoms with Gasteiger partial charge in [-0.1, -0.05) is 30.3 Å². The third kappa shape index (κ3) is 4.84. The van der Waals surface area contributed by atoms with E-state index in [0.29, 0.717) is 21.4 Å². The van der Waals surface area contributed by atoms with Crippen LogP contribution in [0.5, 0.6) is 5.75 Å². The third-order valence-electron chi connectivity index (χ3n) is 6.97. The summed E-state index contributed by atoms with van der Waals surface area (Å²) in [7, 11) is 0. The van der Waals surface area contributed by atoms with E-state index in [-0.39, 0.29) is 52.6 Å². The van der Waals surface area contributed by atoms with Crippen LogP contribution in [0.4, 0.5) is 10.1 Å². The molecule has 3 heterocycles. The minimum atomic E-state index is -0.865. The molecule has 1 atom stereocenters. The van der Waals surface area contributed by atoms with Crippen molar-refractivity contribution in [3.8, 4) is 5.75 Å². The van der Waals surface area contributed by atoms with Crippen molar-refractivity contribution in [2.45, 2.75) is 32.4 Å². The molecule has 1 saturated heterocycles. The topological polar surface area (TPSA) is 119 Å². The first-order chi connectivity index (χ1) is 19.8. The maximum Gasteiger partial charge on any atom is 0.266 e. The molecule has 0 spiro atoms. The van der Waals surface area contributed by atoms with E-state index in [1.165, 1.54) is 10.6 Å². The highest BCUT2D eigenvalue weighted by molar-refractivity contribution is 7.21. The van der Waals surface area contributed by atoms with Crippen molar-refractivity contribution in [3.05, 3.63) is 99.2 Å². The first kappa shape index (κ1) is 26.3. The zero-order valence-electron chi connectivity index (χ0n) is 21.8. The number of carbonyl (C=O) groups excluding carboxylic acids is 3. The van der Waals surface area contributed by atoms with Crippen LogP contribution in [-0.2, 0) is 16.2 Å². The molecule has 0 bridgehead atoms. The minimum absolute atomic E-state index is 0.0305. The zero-order valence-corrected chi connectivity index (χ0v) is 22.6. The number of anilines is 1. The van der Waals surface area contributed by atoms with Crippen LogP contribution in [0.15, 0.2) is 71.5 Å². The first-order valence-electron chi connectivity index (χ1n) is 12.9. The van der Waals surface area contributed by atoms with Gasteiger partial charge < -0.3 is 10.1 Å². The molecule has 6 rings (SSSR count). The van der Waals surface area contributed by atoms with Gasteiger partial charge in [0.1, 0.15) is 40.4 Å². The molecule has 1 aliphatic rings. The van der Waals surface area contributed by atoms with Gasteiger partial charge >= 0.3 is 0 Å². The molecule has 5 aromatic rings. The van der Waals surface area contributed by atoms with E-state index in [1.807, 2.05) is 18.2 Å². The van der Waals surface area contributed by atoms with E-state index >= 15 is 0 Å². The SMILES string of the molecule is Cc1nc2c(NC(=O)c3sc4cccc(F)c4c3COc3ccccc3)cccc2c(=O)n1C1CCC(=O)NC1=O. The Kier molecular flexibility index (Phi) is 6.80. The van der Waals surface area contributed by atoms with Crippen molar-refractivity contribution in [2.75, 3.05) is 5.32 Å². The fourth-order valence-electron chi connectivity index (χ4n) is 5.07. The first-order valence-corrected chi connectivity index (χ1v) is 13.7. The Morgan fingerprint density at radius 3 is 2.66 bits per heavy atom. The van der Waals surface area contributed by atoms with Gasteiger partial charge in [-0.15, -0.1) is 11.3 Å². The second-order valence-electron chi connectivity index (χ2n) is 9.58. The predicted octanol–water partition coefficient (Wildman–Crippen LogP) is 4.87. The predicted molar refractivity (Wildman–Crippen MR) is 153 cm³/mol. The van der Waals surface area contributed by atoms with Gasteiger partial charge in [-0.2, -0.15) is 0 Å². The van der Waals surface area contributed by atoms with E-state index in [4.69, 9.17) is 4.74 Å². The monoisotopic (exact) mass is 570 g/mol. The van der Waals surface area contributed by atoms with Crippen LogP contribution >= 0.6 is 11.3 Å². The summed E-state index contributed by atoms with van der Waals surface area (Å²) < 4.78 is 22.7. The zero-order chi connectivity index (χ0) is 28.7. The standard InChI is InChI=1S/C30H23FN4O5S/c1-16-32-26-18(30(39)35(16)22-13-14-24(36)34-28(22)37)9-5-11-21(26)33-29(38)27-19(15-40-17-7-3-2-4-8-17)25-20(31)10-6-12-23(25)41-27/h2-12,22H,13-15H2,1H3,(H,33,38)(H,34,36,37). The van der Waals surface area contributed by atoms with Crippen molar-refractivity contribution in [1.82, 2.24) is 14.9 Å². The Balaban J connectivity index is 1.37. The number of aryl methyl sites for hydroxylation is 1. The average Bonchev–Trinajstić information content (AvgIpc) is 3.34. The summed E-state index contributed by atoms with van der Waals surface area (Å²) in [5, 5.41) is 5.64. The van der Waals surface area contributed by atoms with Gasteiger partial charge in [-0.05, 0) is 49.7 Å². The highest BCUT2D eigenvalue weighted by Crippen LogP contribution is 2.35. The third-order valence-corrected chi connectivity index (χ3v) is 8.17. The van der Waals surface area contributed by atoms with Crippen LogP contribution in [-0.4, -0.2) is 27.3 Å². The molecule has 1 fully saturated rings. The molecule has 9 nitrogen and oxygen atoms in total. The molecule has 1 unspecified atom stereocenters. The number of hydrogen-bond donors (Lipinski definition) is 2. The summed E-state index contributed by atoms with van der Waals surface area (Å²) in [5.74, 6) is -1.06. The van der Waals surface area contributed by atoms with Crippen LogP contribution in [0.3, 0.4) is 0 Å². The van der Waals surface area contributed by atoms with Gasteiger partial charge in [-0.3, -0.25) is 29.1 Å². The average molecular weight is 571 g/mol. The Hall–Kier alpha value is -4.90. The Morgan fingerprint density at radius 2 is 1.88 bits per heavy atom. The van der Waals surface area contributed by atoms with Crippen LogP contribution < -0.4 is 20.9 Å². The number of carbonyl (C=O) groups is 3. The molecule has 3 aromatic carbocycles. The smallest absolute Gasteiger partial charge is 0.266 e. The van der Waals surface area contributed by atoms with E-state index in [0.717, 1.165) is 11.3 Å². The van der Waals surface area contributed by atoms with E-state index in [2.05, 4.69) is 15.6 Å². The largest absolute Gasteiger partial charge is 0.489 e. The fraction of sp³-hybridized carbons (Fsp3) is 0.167. The summed E-state index contributed by atoms with van der Waals surface area (Å²) in [6, 6.07) is 17.6. The molecule has 206 valence electrons. The molecule has 11 heteroatoms. The normalized spacial score (nSPS) is 15.2. The highest BCUT2D eigenvalue weighted by atomic mass is 32.1. The molecule has 41 heavy (non-hydrogen) atoms. The lowest BCUT2D eigenvalue weighted by Gasteiger charge is -2.24. The van der Waals surface area contributed by atoms with Crippen molar-refractivity contribution >= 4 is 55.7 Å². The molecular formula is C30H23FN4O5S. The van der Waals surface area contributed by atoms with Gasteiger partial charge in [0.2, 0.25) is 11.8 Å². The Morgan fingerprint density at radius 1 is 1.10 bits per heavy atom. The number of aromatic nitrogens is 2. The number of amides is 3. The summed E-state index contributed by atoms with van der Waals surface area (Å²) in [6.45, 7) is 1.56. The molecule has 1 aliphatic heterocycles. The van der Waals surface area contributed by atoms with Crippen LogP contribution in [0.2, 0.25) is 0 Å². The molecular weight excluding hydrogens is 547 g/mol. The van der Waals surface area contributed by atoms with Crippen molar-refractivity contribution in [1.29, 1.82) is 0 Å². The molecule has 0 saturated carbocycles. The second kappa shape index (κ2) is 10.6. The number of para-hydroxylation sites is 2. The number of rotatable bonds is 6. The number of hydrogen-bond acceptors (Lipinski definition) is 7. The maximum atomic E-state index is 14.9. The molecule has 3 amide bonds. The van der Waals surface area contributed by atoms with E-state index < -0.39 is 29.2 Å². The second-order valence-corrected chi connectivity index (χ2v) is 10.6. The fourth-order valence-corrected chi connectivity index (χ4v) is 6.18. The number of fused-ring (bicyclic) bond motifs is 2. The number of benzene rings is 3. The van der Waals surface area contributed by atoms with Crippen LogP contribution in [0.1, 0.15) is 39.9 Å². The van der Waals surface area contributed by atoms with Crippen molar-refractivity contribution < 1.29 is 23.5 Å². The lowest BCUT2D eigenvalue weighted by molar-refractivity contribution is -0.135. The van der Waals surface area contributed by atoms with Gasteiger partial charge in [0.05, 0.1) is 11.1 Å². The van der Waals surface area contributed by atoms with Gasteiger partial charge in [0, 0.05) is 22.1 Å². The maximum absolute atomic E-state index is 14.9. The van der Waals surface area contributed by atoms with E-state index in [1.54, 1.807) is 49.4 Å². The Labute approximate surface area is 236 Å². The van der Waals surface area contributed by atoms with Crippen molar-refractivity contribution in [2.24, 2.45) is 0 Å². The van der Waals surface area contributed by atoms with Crippen LogP contribution in [0, 0.1) is 12.7 Å². The number of thiophene rings is 1. The minimum Gasteiger partial charge on any atom is -0.489 e. The van der Waals surface area contributed by atoms with Gasteiger partial charge in [0.25, 0.3) is 11.5 Å². The van der Waals surface area contributed by atoms with Crippen molar-refractivity contribution in [3.63, 3.8) is 0 Å². The molecule has 0 radical (unpaired) electrons. The summed E-state index contributed by atoms with van der Waals surface area (Å²) >= 11 is 1.14. The number of halogens is 1. The lowest BCUT2D eigenvalue weighted by Crippen LogP contribution is -2.45. The van der Waals surface area contributed by atoms with Crippen LogP contribution in [0.25, 0.3) is 21.0 Å². The molecule has 2 aromatic heterocycles. The summed E-state index contributed by atoms with van der Waals surface area (Å²) in [5.41, 5.74) is 0.491. The highest BCUT2D eigenvalue weighted by Gasteiger charge is 2.31. The molecule has 0 aliphatic carbocycles. The summed E-state index contributed by atoms with van der Waals surface area (Å²) in [4.78, 5) is 56.1. The number of imide groups is 1. The number of ether oxygens (including phenoxy) is 1. The lowest BCUT2D eigenvalue weighted by atomic mass is 10.1. The van der Waals surface area contributed by atoms with Gasteiger partial charge in [-0.25, -0.2) is 9.37 Å². The summed E-state index contributed by atoms with van der Waals surface area (Å²) in [6.07, 6.45) is 0.299. The quantitative estimate of drug-likeness (QED) is 0.281. The van der Waals surface area contributed by atoms with Gasteiger partial charge in [0.15, 0.2) is 0 Å². The molecule has 2 N–H and O–H groups in total. The van der Waals surface area contributed by atoms with E-state index in [9.17, 15) is 23.6 Å². The number of nitrogens with zero attached hydrogens (tertiary/aromatic N) is 2. The number of piperidine rings is 1. The Bertz CT molecular complexity index is 1920.